The van der Waals surface area contributed by atoms with Crippen molar-refractivity contribution in [3.63, 3.8) is 0 Å². The molecule has 114 valence electrons. The van der Waals surface area contributed by atoms with Crippen molar-refractivity contribution in [2.75, 3.05) is 32.8 Å². The summed E-state index contributed by atoms with van der Waals surface area (Å²) in [5.41, 5.74) is 0. The molecule has 1 heterocycles. The fraction of sp³-hybridized carbons (Fsp3) is 1.00. The standard InChI is InChI=1S/C13H24F3NO2/c1-2-3-7-19-10-12(18)9-17-6-4-5-11(8-17)13(14,15)16/h11-12,18H,2-10H2,1H3. The van der Waals surface area contributed by atoms with Crippen molar-refractivity contribution in [3.8, 4) is 0 Å². The number of alkyl halides is 3. The first-order valence-electron chi connectivity index (χ1n) is 6.98. The van der Waals surface area contributed by atoms with Gasteiger partial charge in [-0.25, -0.2) is 0 Å². The van der Waals surface area contributed by atoms with Gasteiger partial charge < -0.3 is 14.7 Å². The number of hydrogen-bond donors (Lipinski definition) is 1. The van der Waals surface area contributed by atoms with Gasteiger partial charge in [-0.2, -0.15) is 13.2 Å². The molecule has 6 heteroatoms. The summed E-state index contributed by atoms with van der Waals surface area (Å²) in [4.78, 5) is 1.69. The third-order valence-corrected chi connectivity index (χ3v) is 3.39. The fourth-order valence-electron chi connectivity index (χ4n) is 2.31. The van der Waals surface area contributed by atoms with Crippen LogP contribution >= 0.6 is 0 Å². The predicted octanol–water partition coefficient (Wildman–Crippen LogP) is 2.44. The molecule has 0 spiro atoms. The highest BCUT2D eigenvalue weighted by molar-refractivity contribution is 4.79. The van der Waals surface area contributed by atoms with Gasteiger partial charge in [0, 0.05) is 19.7 Å². The van der Waals surface area contributed by atoms with Gasteiger partial charge in [-0.3, -0.25) is 0 Å². The van der Waals surface area contributed by atoms with Crippen LogP contribution in [0, 0.1) is 5.92 Å². The molecule has 1 fully saturated rings. The number of halogens is 3. The van der Waals surface area contributed by atoms with Crippen LogP contribution in [-0.4, -0.2) is 55.1 Å². The molecule has 0 saturated carbocycles. The molecule has 2 unspecified atom stereocenters. The van der Waals surface area contributed by atoms with Gasteiger partial charge in [0.2, 0.25) is 0 Å². The van der Waals surface area contributed by atoms with E-state index in [-0.39, 0.29) is 26.1 Å². The van der Waals surface area contributed by atoms with Crippen LogP contribution < -0.4 is 0 Å². The number of piperidine rings is 1. The highest BCUT2D eigenvalue weighted by Gasteiger charge is 2.41. The van der Waals surface area contributed by atoms with Crippen LogP contribution in [0.5, 0.6) is 0 Å². The second kappa shape index (κ2) is 8.07. The van der Waals surface area contributed by atoms with Gasteiger partial charge in [0.1, 0.15) is 0 Å². The summed E-state index contributed by atoms with van der Waals surface area (Å²) in [6, 6.07) is 0. The van der Waals surface area contributed by atoms with Crippen molar-refractivity contribution in [3.05, 3.63) is 0 Å². The normalized spacial score (nSPS) is 23.5. The first-order chi connectivity index (χ1) is 8.93. The Hall–Kier alpha value is -0.330. The Kier molecular flexibility index (Phi) is 7.10. The first kappa shape index (κ1) is 16.7. The Morgan fingerprint density at radius 1 is 1.42 bits per heavy atom. The average Bonchev–Trinajstić information content (AvgIpc) is 2.34. The summed E-state index contributed by atoms with van der Waals surface area (Å²) in [7, 11) is 0. The maximum absolute atomic E-state index is 12.6. The van der Waals surface area contributed by atoms with Crippen LogP contribution in [0.4, 0.5) is 13.2 Å². The molecule has 2 atom stereocenters. The third-order valence-electron chi connectivity index (χ3n) is 3.39. The Morgan fingerprint density at radius 3 is 2.79 bits per heavy atom. The van der Waals surface area contributed by atoms with E-state index in [2.05, 4.69) is 0 Å². The zero-order chi connectivity index (χ0) is 14.3. The monoisotopic (exact) mass is 283 g/mol. The van der Waals surface area contributed by atoms with Gasteiger partial charge in [0.05, 0.1) is 18.6 Å². The first-order valence-corrected chi connectivity index (χ1v) is 6.98. The predicted molar refractivity (Wildman–Crippen MR) is 67.0 cm³/mol. The molecule has 0 radical (unpaired) electrons. The molecule has 0 aromatic rings. The van der Waals surface area contributed by atoms with Crippen LogP contribution in [0.25, 0.3) is 0 Å². The van der Waals surface area contributed by atoms with Crippen molar-refractivity contribution in [1.29, 1.82) is 0 Å². The molecule has 0 aromatic carbocycles. The highest BCUT2D eigenvalue weighted by Crippen LogP contribution is 2.33. The second-order valence-electron chi connectivity index (χ2n) is 5.22. The minimum atomic E-state index is -4.12. The quantitative estimate of drug-likeness (QED) is 0.728. The van der Waals surface area contributed by atoms with Crippen LogP contribution in [0.15, 0.2) is 0 Å². The smallest absolute Gasteiger partial charge is 0.389 e. The van der Waals surface area contributed by atoms with E-state index in [9.17, 15) is 18.3 Å². The lowest BCUT2D eigenvalue weighted by molar-refractivity contribution is -0.187. The number of hydrogen-bond acceptors (Lipinski definition) is 3. The van der Waals surface area contributed by atoms with Crippen LogP contribution in [0.3, 0.4) is 0 Å². The third kappa shape index (κ3) is 6.58. The van der Waals surface area contributed by atoms with E-state index in [0.717, 1.165) is 12.8 Å². The minimum absolute atomic E-state index is 0.00444. The lowest BCUT2D eigenvalue weighted by atomic mass is 9.97. The van der Waals surface area contributed by atoms with Gasteiger partial charge in [-0.15, -0.1) is 0 Å². The molecular weight excluding hydrogens is 259 g/mol. The van der Waals surface area contributed by atoms with E-state index in [1.165, 1.54) is 0 Å². The van der Waals surface area contributed by atoms with Gasteiger partial charge in [-0.1, -0.05) is 13.3 Å². The van der Waals surface area contributed by atoms with Gasteiger partial charge in [0.15, 0.2) is 0 Å². The Bertz CT molecular complexity index is 249. The number of likely N-dealkylation sites (tertiary alicyclic amines) is 1. The number of nitrogens with zero attached hydrogens (tertiary/aromatic N) is 1. The molecule has 3 nitrogen and oxygen atoms in total. The largest absolute Gasteiger partial charge is 0.393 e. The Labute approximate surface area is 112 Å². The zero-order valence-electron chi connectivity index (χ0n) is 11.5. The molecule has 1 aliphatic rings. The van der Waals surface area contributed by atoms with Crippen LogP contribution in [-0.2, 0) is 4.74 Å². The number of rotatable bonds is 7. The fourth-order valence-corrected chi connectivity index (χ4v) is 2.31. The summed E-state index contributed by atoms with van der Waals surface area (Å²) in [6.07, 6.45) is -2.14. The van der Waals surface area contributed by atoms with Gasteiger partial charge >= 0.3 is 6.18 Å². The molecule has 0 bridgehead atoms. The van der Waals surface area contributed by atoms with Crippen molar-refractivity contribution in [2.24, 2.45) is 5.92 Å². The molecule has 1 rings (SSSR count). The number of aliphatic hydroxyl groups is 1. The van der Waals surface area contributed by atoms with E-state index in [4.69, 9.17) is 4.74 Å². The SMILES string of the molecule is CCCCOCC(O)CN1CCCC(C(F)(F)F)C1. The lowest BCUT2D eigenvalue weighted by Crippen LogP contribution is -2.45. The van der Waals surface area contributed by atoms with Crippen molar-refractivity contribution >= 4 is 0 Å². The average molecular weight is 283 g/mol. The molecule has 0 aromatic heterocycles. The molecule has 1 N–H and O–H groups in total. The minimum Gasteiger partial charge on any atom is -0.389 e. The highest BCUT2D eigenvalue weighted by atomic mass is 19.4. The van der Waals surface area contributed by atoms with Crippen LogP contribution in [0.1, 0.15) is 32.6 Å². The summed E-state index contributed by atoms with van der Waals surface area (Å²) in [5, 5.41) is 9.74. The number of aliphatic hydroxyl groups excluding tert-OH is 1. The summed E-state index contributed by atoms with van der Waals surface area (Å²) < 4.78 is 43.1. The van der Waals surface area contributed by atoms with E-state index in [0.29, 0.717) is 19.6 Å². The summed E-state index contributed by atoms with van der Waals surface area (Å²) >= 11 is 0. The second-order valence-corrected chi connectivity index (χ2v) is 5.22. The number of unbranched alkanes of at least 4 members (excludes halogenated alkanes) is 1. The van der Waals surface area contributed by atoms with Gasteiger partial charge in [0.25, 0.3) is 0 Å². The van der Waals surface area contributed by atoms with Crippen LogP contribution in [0.2, 0.25) is 0 Å². The number of β-amino-alcohol motifs (C(OH)–C–C–N with tert-alkyl or cyclic N) is 1. The Morgan fingerprint density at radius 2 is 2.16 bits per heavy atom. The Balaban J connectivity index is 2.24. The van der Waals surface area contributed by atoms with E-state index < -0.39 is 18.2 Å². The topological polar surface area (TPSA) is 32.7 Å². The molecule has 19 heavy (non-hydrogen) atoms. The summed E-state index contributed by atoms with van der Waals surface area (Å²) in [6.45, 7) is 3.73. The molecule has 1 saturated heterocycles. The molecule has 0 amide bonds. The summed E-state index contributed by atoms with van der Waals surface area (Å²) in [5.74, 6) is -1.26. The van der Waals surface area contributed by atoms with Crippen molar-refractivity contribution in [1.82, 2.24) is 4.90 Å². The molecule has 0 aliphatic carbocycles. The van der Waals surface area contributed by atoms with E-state index in [1.54, 1.807) is 4.90 Å². The van der Waals surface area contributed by atoms with E-state index >= 15 is 0 Å². The zero-order valence-corrected chi connectivity index (χ0v) is 11.5. The maximum Gasteiger partial charge on any atom is 0.393 e. The van der Waals surface area contributed by atoms with E-state index in [1.807, 2.05) is 6.92 Å². The molecular formula is C13H24F3NO2. The van der Waals surface area contributed by atoms with Crippen molar-refractivity contribution < 1.29 is 23.0 Å². The van der Waals surface area contributed by atoms with Crippen molar-refractivity contribution in [2.45, 2.75) is 44.9 Å². The lowest BCUT2D eigenvalue weighted by Gasteiger charge is -2.34. The maximum atomic E-state index is 12.6. The van der Waals surface area contributed by atoms with Gasteiger partial charge in [-0.05, 0) is 25.8 Å². The molecule has 1 aliphatic heterocycles. The number of ether oxygens (including phenoxy) is 1.